The van der Waals surface area contributed by atoms with E-state index in [1.165, 1.54) is 5.56 Å². The molecule has 1 heteroatoms. The first-order valence-corrected chi connectivity index (χ1v) is 5.76. The maximum Gasteiger partial charge on any atom is 0.0540 e. The van der Waals surface area contributed by atoms with E-state index in [0.29, 0.717) is 5.92 Å². The van der Waals surface area contributed by atoms with Crippen LogP contribution < -0.4 is 0 Å². The number of aliphatic hydroxyl groups excluding tert-OH is 1. The number of hydrogen-bond donors (Lipinski definition) is 1. The van der Waals surface area contributed by atoms with E-state index in [2.05, 4.69) is 31.2 Å². The molecular weight excluding hydrogens is 196 g/mol. The Hall–Kier alpha value is -1.34. The third-order valence-electron chi connectivity index (χ3n) is 2.67. The van der Waals surface area contributed by atoms with Crippen LogP contribution in [-0.2, 0) is 0 Å². The molecule has 0 aliphatic heterocycles. The highest BCUT2D eigenvalue weighted by molar-refractivity contribution is 5.50. The number of benzene rings is 1. The van der Waals surface area contributed by atoms with Gasteiger partial charge in [0.1, 0.15) is 0 Å². The Morgan fingerprint density at radius 1 is 1.12 bits per heavy atom. The van der Waals surface area contributed by atoms with E-state index < -0.39 is 0 Å². The first-order valence-electron chi connectivity index (χ1n) is 5.76. The Balaban J connectivity index is 2.35. The highest BCUT2D eigenvalue weighted by Crippen LogP contribution is 2.08. The van der Waals surface area contributed by atoms with Gasteiger partial charge in [0.15, 0.2) is 0 Å². The molecule has 0 saturated heterocycles. The van der Waals surface area contributed by atoms with E-state index in [9.17, 15) is 5.11 Å². The highest BCUT2D eigenvalue weighted by atomic mass is 16.3. The fraction of sp³-hybridized carbons (Fsp3) is 0.333. The molecule has 1 rings (SSSR count). The lowest BCUT2D eigenvalue weighted by Crippen LogP contribution is -2.11. The standard InChI is InChI=1S/C15H20O/c1-13(14(2)16)9-5-3-6-10-15-11-7-4-8-12-15/h3-8,10-14,16H,9H2,1-2H3/t13-,14-/m0/s1. The van der Waals surface area contributed by atoms with E-state index in [1.807, 2.05) is 37.3 Å². The minimum absolute atomic E-state index is 0.234. The average molecular weight is 216 g/mol. The van der Waals surface area contributed by atoms with Crippen LogP contribution in [0.1, 0.15) is 25.8 Å². The van der Waals surface area contributed by atoms with E-state index in [4.69, 9.17) is 0 Å². The van der Waals surface area contributed by atoms with E-state index in [-0.39, 0.29) is 6.10 Å². The summed E-state index contributed by atoms with van der Waals surface area (Å²) in [4.78, 5) is 0. The molecule has 1 N–H and O–H groups in total. The minimum Gasteiger partial charge on any atom is -0.393 e. The second kappa shape index (κ2) is 7.02. The first kappa shape index (κ1) is 12.7. The molecule has 2 atom stereocenters. The van der Waals surface area contributed by atoms with Gasteiger partial charge in [0.25, 0.3) is 0 Å². The second-order valence-corrected chi connectivity index (χ2v) is 4.15. The number of rotatable bonds is 5. The summed E-state index contributed by atoms with van der Waals surface area (Å²) in [5, 5.41) is 9.30. The van der Waals surface area contributed by atoms with Gasteiger partial charge >= 0.3 is 0 Å². The SMILES string of the molecule is C[C@H](O)[C@@H](C)CC=CC=Cc1ccccc1. The van der Waals surface area contributed by atoms with E-state index in [0.717, 1.165) is 6.42 Å². The van der Waals surface area contributed by atoms with Crippen molar-refractivity contribution in [1.29, 1.82) is 0 Å². The summed E-state index contributed by atoms with van der Waals surface area (Å²) in [6.07, 6.45) is 8.91. The molecule has 0 fully saturated rings. The summed E-state index contributed by atoms with van der Waals surface area (Å²) in [6, 6.07) is 10.2. The molecule has 1 aromatic carbocycles. The molecule has 0 saturated carbocycles. The largest absolute Gasteiger partial charge is 0.393 e. The Labute approximate surface area is 98.1 Å². The number of hydrogen-bond acceptors (Lipinski definition) is 1. The maximum absolute atomic E-state index is 9.30. The van der Waals surface area contributed by atoms with Crippen molar-refractivity contribution in [2.75, 3.05) is 0 Å². The molecule has 0 aromatic heterocycles. The molecule has 86 valence electrons. The fourth-order valence-electron chi connectivity index (χ4n) is 1.30. The lowest BCUT2D eigenvalue weighted by Gasteiger charge is -2.10. The van der Waals surface area contributed by atoms with Gasteiger partial charge in [-0.05, 0) is 24.8 Å². The summed E-state index contributed by atoms with van der Waals surface area (Å²) in [5.74, 6) is 0.321. The van der Waals surface area contributed by atoms with Crippen molar-refractivity contribution in [3.8, 4) is 0 Å². The molecule has 0 aliphatic rings. The molecule has 0 heterocycles. The van der Waals surface area contributed by atoms with Gasteiger partial charge in [0.05, 0.1) is 6.10 Å². The van der Waals surface area contributed by atoms with Crippen LogP contribution in [0.25, 0.3) is 6.08 Å². The predicted molar refractivity (Wildman–Crippen MR) is 70.1 cm³/mol. The molecule has 1 nitrogen and oxygen atoms in total. The normalized spacial score (nSPS) is 15.7. The third kappa shape index (κ3) is 4.94. The maximum atomic E-state index is 9.30. The second-order valence-electron chi connectivity index (χ2n) is 4.15. The van der Waals surface area contributed by atoms with Gasteiger partial charge in [-0.3, -0.25) is 0 Å². The van der Waals surface area contributed by atoms with Crippen molar-refractivity contribution in [3.63, 3.8) is 0 Å². The predicted octanol–water partition coefficient (Wildman–Crippen LogP) is 3.66. The third-order valence-corrected chi connectivity index (χ3v) is 2.67. The van der Waals surface area contributed by atoms with Gasteiger partial charge in [-0.1, -0.05) is 61.6 Å². The van der Waals surface area contributed by atoms with Crippen LogP contribution in [0.4, 0.5) is 0 Å². The molecular formula is C15H20O. The summed E-state index contributed by atoms with van der Waals surface area (Å²) in [5.41, 5.74) is 1.20. The quantitative estimate of drug-likeness (QED) is 0.745. The van der Waals surface area contributed by atoms with Gasteiger partial charge < -0.3 is 5.11 Å². The molecule has 0 aliphatic carbocycles. The summed E-state index contributed by atoms with van der Waals surface area (Å²) < 4.78 is 0. The smallest absolute Gasteiger partial charge is 0.0540 e. The van der Waals surface area contributed by atoms with E-state index >= 15 is 0 Å². The van der Waals surface area contributed by atoms with Crippen LogP contribution in [0, 0.1) is 5.92 Å². The number of allylic oxidation sites excluding steroid dienone is 3. The van der Waals surface area contributed by atoms with Gasteiger partial charge in [-0.25, -0.2) is 0 Å². The first-order chi connectivity index (χ1) is 7.70. The minimum atomic E-state index is -0.234. The van der Waals surface area contributed by atoms with Gasteiger partial charge in [-0.15, -0.1) is 0 Å². The van der Waals surface area contributed by atoms with Crippen LogP contribution in [0.3, 0.4) is 0 Å². The topological polar surface area (TPSA) is 20.2 Å². The number of aliphatic hydroxyl groups is 1. The summed E-state index contributed by atoms with van der Waals surface area (Å²) >= 11 is 0. The Bertz CT molecular complexity index is 336. The Morgan fingerprint density at radius 2 is 1.81 bits per heavy atom. The zero-order chi connectivity index (χ0) is 11.8. The van der Waals surface area contributed by atoms with E-state index in [1.54, 1.807) is 0 Å². The monoisotopic (exact) mass is 216 g/mol. The van der Waals surface area contributed by atoms with Crippen LogP contribution >= 0.6 is 0 Å². The van der Waals surface area contributed by atoms with Crippen molar-refractivity contribution >= 4 is 6.08 Å². The zero-order valence-corrected chi connectivity index (χ0v) is 10.0. The molecule has 16 heavy (non-hydrogen) atoms. The highest BCUT2D eigenvalue weighted by Gasteiger charge is 2.04. The molecule has 0 bridgehead atoms. The van der Waals surface area contributed by atoms with Gasteiger partial charge in [0, 0.05) is 0 Å². The van der Waals surface area contributed by atoms with Crippen molar-refractivity contribution in [2.24, 2.45) is 5.92 Å². The van der Waals surface area contributed by atoms with Crippen molar-refractivity contribution in [2.45, 2.75) is 26.4 Å². The van der Waals surface area contributed by atoms with Gasteiger partial charge in [-0.2, -0.15) is 0 Å². The molecule has 1 aromatic rings. The Morgan fingerprint density at radius 3 is 2.44 bits per heavy atom. The summed E-state index contributed by atoms with van der Waals surface area (Å²) in [6.45, 7) is 3.88. The molecule has 0 unspecified atom stereocenters. The fourth-order valence-corrected chi connectivity index (χ4v) is 1.30. The Kier molecular flexibility index (Phi) is 5.58. The van der Waals surface area contributed by atoms with Crippen LogP contribution in [0.2, 0.25) is 0 Å². The molecule has 0 amide bonds. The van der Waals surface area contributed by atoms with Crippen molar-refractivity contribution in [3.05, 3.63) is 54.1 Å². The lowest BCUT2D eigenvalue weighted by atomic mass is 10.0. The average Bonchev–Trinajstić information content (AvgIpc) is 2.29. The van der Waals surface area contributed by atoms with Crippen LogP contribution in [0.15, 0.2) is 48.6 Å². The molecule has 0 spiro atoms. The van der Waals surface area contributed by atoms with Crippen LogP contribution in [-0.4, -0.2) is 11.2 Å². The zero-order valence-electron chi connectivity index (χ0n) is 10.0. The van der Waals surface area contributed by atoms with Crippen LogP contribution in [0.5, 0.6) is 0 Å². The lowest BCUT2D eigenvalue weighted by molar-refractivity contribution is 0.136. The van der Waals surface area contributed by atoms with Gasteiger partial charge in [0.2, 0.25) is 0 Å². The van der Waals surface area contributed by atoms with Crippen molar-refractivity contribution < 1.29 is 5.11 Å². The van der Waals surface area contributed by atoms with Crippen molar-refractivity contribution in [1.82, 2.24) is 0 Å². The summed E-state index contributed by atoms with van der Waals surface area (Å²) in [7, 11) is 0. The molecule has 0 radical (unpaired) electrons.